The molecule has 0 heterocycles. The molecule has 1 unspecified atom stereocenters. The Kier molecular flexibility index (Phi) is 5.12. The average Bonchev–Trinajstić information content (AvgIpc) is 2.53. The van der Waals surface area contributed by atoms with Gasteiger partial charge in [-0.15, -0.1) is 0 Å². The fourth-order valence-corrected chi connectivity index (χ4v) is 3.56. The monoisotopic (exact) mass is 351 g/mol. The van der Waals surface area contributed by atoms with Gasteiger partial charge in [0.25, 0.3) is 5.91 Å². The lowest BCUT2D eigenvalue weighted by molar-refractivity contribution is 0.0742. The molecule has 0 saturated heterocycles. The van der Waals surface area contributed by atoms with E-state index in [-0.39, 0.29) is 21.9 Å². The van der Waals surface area contributed by atoms with Gasteiger partial charge in [0.05, 0.1) is 16.0 Å². The Labute approximate surface area is 141 Å². The molecule has 0 spiro atoms. The van der Waals surface area contributed by atoms with Gasteiger partial charge in [-0.25, -0.2) is 8.42 Å². The summed E-state index contributed by atoms with van der Waals surface area (Å²) in [6, 6.07) is 13.8. The third-order valence-corrected chi connectivity index (χ3v) is 5.34. The van der Waals surface area contributed by atoms with Crippen molar-refractivity contribution in [2.75, 3.05) is 13.3 Å². The van der Waals surface area contributed by atoms with Crippen molar-refractivity contribution >= 4 is 27.3 Å². The first kappa shape index (κ1) is 17.5. The average molecular weight is 352 g/mol. The number of sulfone groups is 1. The molecule has 2 aromatic carbocycles. The second kappa shape index (κ2) is 6.72. The molecule has 2 aromatic rings. The van der Waals surface area contributed by atoms with Gasteiger partial charge in [0.2, 0.25) is 0 Å². The van der Waals surface area contributed by atoms with Crippen molar-refractivity contribution in [3.8, 4) is 0 Å². The van der Waals surface area contributed by atoms with Gasteiger partial charge < -0.3 is 4.90 Å². The Balaban J connectivity index is 2.34. The first-order valence-electron chi connectivity index (χ1n) is 7.03. The zero-order valence-electron chi connectivity index (χ0n) is 13.2. The summed E-state index contributed by atoms with van der Waals surface area (Å²) in [6.07, 6.45) is 1.07. The van der Waals surface area contributed by atoms with Gasteiger partial charge in [-0.05, 0) is 30.7 Å². The maximum Gasteiger partial charge on any atom is 0.254 e. The second-order valence-corrected chi connectivity index (χ2v) is 7.81. The standard InChI is InChI=1S/C17H18ClNO3S/c1-12(13-7-5-4-6-8-13)19(2)17(20)14-9-10-15(18)16(11-14)23(3,21)22/h4-12H,1-3H3. The molecule has 122 valence electrons. The van der Waals surface area contributed by atoms with Crippen LogP contribution >= 0.6 is 11.6 Å². The molecule has 1 amide bonds. The maximum atomic E-state index is 12.6. The molecule has 0 aliphatic carbocycles. The van der Waals surface area contributed by atoms with Gasteiger partial charge in [0, 0.05) is 18.9 Å². The van der Waals surface area contributed by atoms with Crippen LogP contribution in [0.4, 0.5) is 0 Å². The zero-order valence-corrected chi connectivity index (χ0v) is 14.7. The van der Waals surface area contributed by atoms with Gasteiger partial charge in [-0.1, -0.05) is 41.9 Å². The summed E-state index contributed by atoms with van der Waals surface area (Å²) in [5.41, 5.74) is 1.29. The minimum atomic E-state index is -3.49. The van der Waals surface area contributed by atoms with Gasteiger partial charge in [0.1, 0.15) is 0 Å². The van der Waals surface area contributed by atoms with Crippen LogP contribution in [-0.4, -0.2) is 32.5 Å². The van der Waals surface area contributed by atoms with Gasteiger partial charge >= 0.3 is 0 Å². The second-order valence-electron chi connectivity index (χ2n) is 5.42. The number of nitrogens with zero attached hydrogens (tertiary/aromatic N) is 1. The van der Waals surface area contributed by atoms with Crippen molar-refractivity contribution < 1.29 is 13.2 Å². The van der Waals surface area contributed by atoms with E-state index in [2.05, 4.69) is 0 Å². The fourth-order valence-electron chi connectivity index (χ4n) is 2.26. The van der Waals surface area contributed by atoms with Crippen molar-refractivity contribution in [3.63, 3.8) is 0 Å². The Hall–Kier alpha value is -1.85. The lowest BCUT2D eigenvalue weighted by Crippen LogP contribution is -2.29. The Bertz CT molecular complexity index is 819. The van der Waals surface area contributed by atoms with Crippen molar-refractivity contribution in [2.45, 2.75) is 17.9 Å². The summed E-state index contributed by atoms with van der Waals surface area (Å²) in [5.74, 6) is -0.261. The largest absolute Gasteiger partial charge is 0.335 e. The van der Waals surface area contributed by atoms with Crippen molar-refractivity contribution in [1.82, 2.24) is 4.90 Å². The number of hydrogen-bond donors (Lipinski definition) is 0. The number of hydrogen-bond acceptors (Lipinski definition) is 3. The minimum Gasteiger partial charge on any atom is -0.335 e. The molecule has 2 rings (SSSR count). The third-order valence-electron chi connectivity index (χ3n) is 3.76. The van der Waals surface area contributed by atoms with E-state index in [1.807, 2.05) is 37.3 Å². The number of amides is 1. The Morgan fingerprint density at radius 3 is 2.30 bits per heavy atom. The van der Waals surface area contributed by atoms with Crippen molar-refractivity contribution in [3.05, 3.63) is 64.7 Å². The van der Waals surface area contributed by atoms with E-state index in [0.717, 1.165) is 11.8 Å². The van der Waals surface area contributed by atoms with Crippen LogP contribution in [0.2, 0.25) is 5.02 Å². The smallest absolute Gasteiger partial charge is 0.254 e. The Morgan fingerprint density at radius 1 is 1.13 bits per heavy atom. The van der Waals surface area contributed by atoms with E-state index in [1.54, 1.807) is 11.9 Å². The SMILES string of the molecule is CC(c1ccccc1)N(C)C(=O)c1ccc(Cl)c(S(C)(=O)=O)c1. The first-order valence-corrected chi connectivity index (χ1v) is 9.30. The highest BCUT2D eigenvalue weighted by Crippen LogP contribution is 2.25. The van der Waals surface area contributed by atoms with Crippen LogP contribution in [0.15, 0.2) is 53.4 Å². The lowest BCUT2D eigenvalue weighted by atomic mass is 10.1. The number of carbonyl (C=O) groups excluding carboxylic acids is 1. The molecule has 6 heteroatoms. The van der Waals surface area contributed by atoms with Crippen molar-refractivity contribution in [2.24, 2.45) is 0 Å². The van der Waals surface area contributed by atoms with E-state index < -0.39 is 9.84 Å². The number of halogens is 1. The highest BCUT2D eigenvalue weighted by Gasteiger charge is 2.21. The molecule has 23 heavy (non-hydrogen) atoms. The Morgan fingerprint density at radius 2 is 1.74 bits per heavy atom. The van der Waals surface area contributed by atoms with E-state index in [9.17, 15) is 13.2 Å². The summed E-state index contributed by atoms with van der Waals surface area (Å²) in [7, 11) is -1.80. The summed E-state index contributed by atoms with van der Waals surface area (Å²) in [4.78, 5) is 14.2. The van der Waals surface area contributed by atoms with Crippen LogP contribution in [0.3, 0.4) is 0 Å². The molecule has 0 bridgehead atoms. The molecule has 0 fully saturated rings. The number of benzene rings is 2. The molecule has 0 radical (unpaired) electrons. The highest BCUT2D eigenvalue weighted by molar-refractivity contribution is 7.90. The van der Waals surface area contributed by atoms with Crippen LogP contribution in [0.1, 0.15) is 28.9 Å². The molecule has 4 nitrogen and oxygen atoms in total. The summed E-state index contributed by atoms with van der Waals surface area (Å²) < 4.78 is 23.5. The quantitative estimate of drug-likeness (QED) is 0.846. The third kappa shape index (κ3) is 3.92. The molecule has 0 saturated carbocycles. The van der Waals surface area contributed by atoms with Gasteiger partial charge in [-0.2, -0.15) is 0 Å². The predicted molar refractivity (Wildman–Crippen MR) is 91.5 cm³/mol. The van der Waals surface area contributed by atoms with Gasteiger partial charge in [0.15, 0.2) is 9.84 Å². The molecule has 0 aliphatic heterocycles. The first-order chi connectivity index (χ1) is 10.7. The zero-order chi connectivity index (χ0) is 17.2. The number of rotatable bonds is 4. The molecular weight excluding hydrogens is 334 g/mol. The van der Waals surface area contributed by atoms with Crippen molar-refractivity contribution in [1.29, 1.82) is 0 Å². The maximum absolute atomic E-state index is 12.6. The van der Waals surface area contributed by atoms with Crippen LogP contribution in [0, 0.1) is 0 Å². The van der Waals surface area contributed by atoms with Gasteiger partial charge in [-0.3, -0.25) is 4.79 Å². The molecular formula is C17H18ClNO3S. The number of carbonyl (C=O) groups is 1. The summed E-state index contributed by atoms with van der Waals surface area (Å²) >= 11 is 5.92. The highest BCUT2D eigenvalue weighted by atomic mass is 35.5. The fraction of sp³-hybridized carbons (Fsp3) is 0.235. The molecule has 0 N–H and O–H groups in total. The van der Waals surface area contributed by atoms with Crippen LogP contribution in [-0.2, 0) is 9.84 Å². The lowest BCUT2D eigenvalue weighted by Gasteiger charge is -2.25. The van der Waals surface area contributed by atoms with Crippen LogP contribution in [0.5, 0.6) is 0 Å². The minimum absolute atomic E-state index is 0.0363. The topological polar surface area (TPSA) is 54.5 Å². The summed E-state index contributed by atoms with van der Waals surface area (Å²) in [5, 5.41) is 0.114. The molecule has 1 atom stereocenters. The van der Waals surface area contributed by atoms with Crippen LogP contribution < -0.4 is 0 Å². The van der Waals surface area contributed by atoms with Crippen LogP contribution in [0.25, 0.3) is 0 Å². The van der Waals surface area contributed by atoms with E-state index >= 15 is 0 Å². The molecule has 0 aliphatic rings. The van der Waals surface area contributed by atoms with E-state index in [1.165, 1.54) is 18.2 Å². The normalized spacial score (nSPS) is 12.7. The van der Waals surface area contributed by atoms with E-state index in [4.69, 9.17) is 11.6 Å². The summed E-state index contributed by atoms with van der Waals surface area (Å²) in [6.45, 7) is 1.92. The molecule has 0 aromatic heterocycles. The predicted octanol–water partition coefficient (Wildman–Crippen LogP) is 3.58. The van der Waals surface area contributed by atoms with E-state index in [0.29, 0.717) is 5.56 Å².